The number of nitrogens with zero attached hydrogens (tertiary/aromatic N) is 3. The van der Waals surface area contributed by atoms with Gasteiger partial charge in [0.05, 0.1) is 21.1 Å². The average molecular weight is 341 g/mol. The van der Waals surface area contributed by atoms with E-state index in [1.54, 1.807) is 11.3 Å². The van der Waals surface area contributed by atoms with E-state index in [1.807, 2.05) is 6.07 Å². The first-order valence-corrected chi connectivity index (χ1v) is 9.52. The molecule has 2 heterocycles. The Morgan fingerprint density at radius 2 is 1.88 bits per heavy atom. The second-order valence-corrected chi connectivity index (χ2v) is 7.87. The van der Waals surface area contributed by atoms with Crippen LogP contribution in [0.25, 0.3) is 10.2 Å². The Morgan fingerprint density at radius 3 is 2.67 bits per heavy atom. The van der Waals surface area contributed by atoms with E-state index in [9.17, 15) is 4.79 Å². The van der Waals surface area contributed by atoms with Gasteiger partial charge in [0.25, 0.3) is 0 Å². The molecule has 1 fully saturated rings. The van der Waals surface area contributed by atoms with E-state index in [-0.39, 0.29) is 11.8 Å². The van der Waals surface area contributed by atoms with Gasteiger partial charge in [0, 0.05) is 32.1 Å². The van der Waals surface area contributed by atoms with Crippen molar-refractivity contribution in [2.75, 3.05) is 33.2 Å². The molecule has 4 nitrogen and oxygen atoms in total. The number of thiazole rings is 1. The summed E-state index contributed by atoms with van der Waals surface area (Å²) in [6.07, 6.45) is 6.14. The molecule has 2 aromatic rings. The number of para-hydroxylation sites is 1. The molecule has 0 N–H and O–H groups in total. The fourth-order valence-corrected chi connectivity index (χ4v) is 4.82. The summed E-state index contributed by atoms with van der Waals surface area (Å²) in [5.41, 5.74) is 1.05. The highest BCUT2D eigenvalue weighted by molar-refractivity contribution is 7.18. The Labute approximate surface area is 146 Å². The molecule has 1 saturated heterocycles. The first-order valence-electron chi connectivity index (χ1n) is 8.70. The predicted molar refractivity (Wildman–Crippen MR) is 98.3 cm³/mol. The van der Waals surface area contributed by atoms with Crippen LogP contribution in [0.5, 0.6) is 0 Å². The van der Waals surface area contributed by atoms with Gasteiger partial charge in [-0.05, 0) is 32.0 Å². The number of likely N-dealkylation sites (N-methyl/N-ethyl adjacent to an activating group) is 1. The van der Waals surface area contributed by atoms with Crippen molar-refractivity contribution in [1.29, 1.82) is 0 Å². The summed E-state index contributed by atoms with van der Waals surface area (Å²) in [6, 6.07) is 8.26. The molecule has 4 rings (SSSR count). The molecule has 0 saturated carbocycles. The van der Waals surface area contributed by atoms with Crippen LogP contribution in [0.1, 0.15) is 23.8 Å². The lowest BCUT2D eigenvalue weighted by Crippen LogP contribution is -2.49. The molecule has 1 aromatic carbocycles. The van der Waals surface area contributed by atoms with Crippen molar-refractivity contribution >= 4 is 27.5 Å². The van der Waals surface area contributed by atoms with Crippen LogP contribution in [0.4, 0.5) is 0 Å². The van der Waals surface area contributed by atoms with Crippen LogP contribution >= 0.6 is 11.3 Å². The van der Waals surface area contributed by atoms with Gasteiger partial charge in [-0.1, -0.05) is 24.3 Å². The molecule has 24 heavy (non-hydrogen) atoms. The Hall–Kier alpha value is -1.72. The first-order chi connectivity index (χ1) is 11.7. The maximum absolute atomic E-state index is 13.1. The molecule has 0 radical (unpaired) electrons. The van der Waals surface area contributed by atoms with Crippen LogP contribution in [-0.4, -0.2) is 53.9 Å². The lowest BCUT2D eigenvalue weighted by molar-refractivity contribution is -0.138. The number of fused-ring (bicyclic) bond motifs is 1. The summed E-state index contributed by atoms with van der Waals surface area (Å²) in [5, 5.41) is 1.12. The molecule has 5 heteroatoms. The number of benzene rings is 1. The number of piperazine rings is 1. The van der Waals surface area contributed by atoms with E-state index in [0.717, 1.165) is 49.5 Å². The van der Waals surface area contributed by atoms with Gasteiger partial charge in [-0.25, -0.2) is 4.98 Å². The van der Waals surface area contributed by atoms with Crippen molar-refractivity contribution in [2.45, 2.75) is 18.8 Å². The summed E-state index contributed by atoms with van der Waals surface area (Å²) in [6.45, 7) is 3.64. The van der Waals surface area contributed by atoms with Crippen LogP contribution in [0.3, 0.4) is 0 Å². The number of allylic oxidation sites excluding steroid dienone is 2. The molecule has 1 aromatic heterocycles. The van der Waals surface area contributed by atoms with Crippen LogP contribution in [-0.2, 0) is 4.79 Å². The minimum Gasteiger partial charge on any atom is -0.340 e. The maximum atomic E-state index is 13.1. The summed E-state index contributed by atoms with van der Waals surface area (Å²) < 4.78 is 1.22. The molecular weight excluding hydrogens is 318 g/mol. The van der Waals surface area contributed by atoms with Gasteiger partial charge in [-0.15, -0.1) is 11.3 Å². The topological polar surface area (TPSA) is 36.4 Å². The van der Waals surface area contributed by atoms with Crippen molar-refractivity contribution in [1.82, 2.24) is 14.8 Å². The third-order valence-electron chi connectivity index (χ3n) is 5.19. The monoisotopic (exact) mass is 341 g/mol. The molecular formula is C19H23N3OS. The molecule has 2 aliphatic rings. The lowest BCUT2D eigenvalue weighted by Gasteiger charge is -2.36. The summed E-state index contributed by atoms with van der Waals surface area (Å²) in [4.78, 5) is 22.3. The van der Waals surface area contributed by atoms with E-state index in [4.69, 9.17) is 4.98 Å². The number of carbonyl (C=O) groups excluding carboxylic acids is 1. The minimum absolute atomic E-state index is 0.0407. The van der Waals surface area contributed by atoms with Gasteiger partial charge >= 0.3 is 0 Å². The third kappa shape index (κ3) is 2.98. The summed E-state index contributed by atoms with van der Waals surface area (Å²) in [7, 11) is 2.12. The molecule has 1 aliphatic heterocycles. The smallest absolute Gasteiger partial charge is 0.226 e. The highest BCUT2D eigenvalue weighted by Gasteiger charge is 2.35. The predicted octanol–water partition coefficient (Wildman–Crippen LogP) is 3.12. The number of hydrogen-bond acceptors (Lipinski definition) is 4. The van der Waals surface area contributed by atoms with Crippen molar-refractivity contribution in [3.63, 3.8) is 0 Å². The van der Waals surface area contributed by atoms with Crippen LogP contribution in [0, 0.1) is 5.92 Å². The average Bonchev–Trinajstić information content (AvgIpc) is 3.06. The van der Waals surface area contributed by atoms with E-state index in [2.05, 4.69) is 47.2 Å². The van der Waals surface area contributed by atoms with Crippen molar-refractivity contribution in [2.24, 2.45) is 5.92 Å². The highest BCUT2D eigenvalue weighted by atomic mass is 32.1. The third-order valence-corrected chi connectivity index (χ3v) is 6.36. The Morgan fingerprint density at radius 1 is 1.12 bits per heavy atom. The van der Waals surface area contributed by atoms with Gasteiger partial charge in [0.15, 0.2) is 0 Å². The van der Waals surface area contributed by atoms with Crippen molar-refractivity contribution in [3.05, 3.63) is 41.4 Å². The molecule has 126 valence electrons. The van der Waals surface area contributed by atoms with Gasteiger partial charge < -0.3 is 9.80 Å². The van der Waals surface area contributed by atoms with Crippen LogP contribution in [0.2, 0.25) is 0 Å². The fraction of sp³-hybridized carbons (Fsp3) is 0.474. The van der Waals surface area contributed by atoms with Crippen molar-refractivity contribution in [3.8, 4) is 0 Å². The molecule has 2 unspecified atom stereocenters. The molecule has 1 aliphatic carbocycles. The minimum atomic E-state index is 0.0407. The van der Waals surface area contributed by atoms with E-state index in [0.29, 0.717) is 5.91 Å². The molecule has 2 atom stereocenters. The van der Waals surface area contributed by atoms with E-state index >= 15 is 0 Å². The Kier molecular flexibility index (Phi) is 4.37. The SMILES string of the molecule is CN1CCN(C(=O)C2CC=CCC2c2nc3ccccc3s2)CC1. The number of amides is 1. The van der Waals surface area contributed by atoms with Gasteiger partial charge in [0.2, 0.25) is 5.91 Å². The van der Waals surface area contributed by atoms with Gasteiger partial charge in [0.1, 0.15) is 0 Å². The summed E-state index contributed by atoms with van der Waals surface area (Å²) >= 11 is 1.75. The van der Waals surface area contributed by atoms with Gasteiger partial charge in [-0.3, -0.25) is 4.79 Å². The van der Waals surface area contributed by atoms with Crippen LogP contribution < -0.4 is 0 Å². The van der Waals surface area contributed by atoms with Crippen molar-refractivity contribution < 1.29 is 4.79 Å². The first kappa shape index (κ1) is 15.8. The second kappa shape index (κ2) is 6.65. The molecule has 0 bridgehead atoms. The molecule has 1 amide bonds. The zero-order valence-electron chi connectivity index (χ0n) is 14.0. The fourth-order valence-electron chi connectivity index (χ4n) is 3.67. The van der Waals surface area contributed by atoms with Crippen LogP contribution in [0.15, 0.2) is 36.4 Å². The largest absolute Gasteiger partial charge is 0.340 e. The quantitative estimate of drug-likeness (QED) is 0.788. The van der Waals surface area contributed by atoms with E-state index in [1.165, 1.54) is 4.70 Å². The molecule has 0 spiro atoms. The highest BCUT2D eigenvalue weighted by Crippen LogP contribution is 2.39. The number of aromatic nitrogens is 1. The standard InChI is InChI=1S/C19H23N3OS/c1-21-10-12-22(13-11-21)19(23)15-7-3-2-6-14(15)18-20-16-8-4-5-9-17(16)24-18/h2-5,8-9,14-15H,6-7,10-13H2,1H3. The number of carbonyl (C=O) groups is 1. The number of hydrogen-bond donors (Lipinski definition) is 0. The second-order valence-electron chi connectivity index (χ2n) is 6.80. The van der Waals surface area contributed by atoms with E-state index < -0.39 is 0 Å². The zero-order chi connectivity index (χ0) is 16.5. The maximum Gasteiger partial charge on any atom is 0.226 e. The van der Waals surface area contributed by atoms with Gasteiger partial charge in [-0.2, -0.15) is 0 Å². The Bertz CT molecular complexity index is 728. The zero-order valence-corrected chi connectivity index (χ0v) is 14.8. The summed E-state index contributed by atoms with van der Waals surface area (Å²) in [5.74, 6) is 0.579. The normalized spacial score (nSPS) is 25.3. The lowest BCUT2D eigenvalue weighted by atomic mass is 9.82. The Balaban J connectivity index is 1.59. The number of rotatable bonds is 2.